The van der Waals surface area contributed by atoms with Gasteiger partial charge in [-0.2, -0.15) is 0 Å². The fraction of sp³-hybridized carbons (Fsp3) is 0.353. The number of benzene rings is 1. The first-order valence-electron chi connectivity index (χ1n) is 8.41. The van der Waals surface area contributed by atoms with Crippen LogP contribution in [0.5, 0.6) is 5.75 Å². The number of nitrogens with one attached hydrogen (secondary N) is 1. The molecule has 1 aliphatic heterocycles. The van der Waals surface area contributed by atoms with E-state index in [0.29, 0.717) is 13.0 Å². The minimum Gasteiger partial charge on any atom is -0.495 e. The van der Waals surface area contributed by atoms with E-state index >= 15 is 0 Å². The summed E-state index contributed by atoms with van der Waals surface area (Å²) in [5, 5.41) is 0. The lowest BCUT2D eigenvalue weighted by atomic mass is 10.2. The highest BCUT2D eigenvalue weighted by Gasteiger charge is 2.33. The second kappa shape index (κ2) is 7.89. The average Bonchev–Trinajstić information content (AvgIpc) is 3.28. The molecule has 2 amide bonds. The molecule has 144 valence electrons. The van der Waals surface area contributed by atoms with Gasteiger partial charge in [-0.1, -0.05) is 0 Å². The zero-order chi connectivity index (χ0) is 19.4. The van der Waals surface area contributed by atoms with Gasteiger partial charge in [0, 0.05) is 38.3 Å². The fourth-order valence-corrected chi connectivity index (χ4v) is 3.92. The Morgan fingerprint density at radius 1 is 1.22 bits per heavy atom. The van der Waals surface area contributed by atoms with Crippen LogP contribution >= 0.6 is 0 Å². The predicted octanol–water partition coefficient (Wildman–Crippen LogP) is 0.914. The monoisotopic (exact) mass is 392 g/mol. The van der Waals surface area contributed by atoms with Crippen molar-refractivity contribution in [2.75, 3.05) is 18.6 Å². The minimum absolute atomic E-state index is 0.0339. The highest BCUT2D eigenvalue weighted by atomic mass is 32.2. The van der Waals surface area contributed by atoms with Gasteiger partial charge in [0.2, 0.25) is 21.8 Å². The van der Waals surface area contributed by atoms with E-state index in [4.69, 9.17) is 4.74 Å². The second-order valence-electron chi connectivity index (χ2n) is 6.01. The van der Waals surface area contributed by atoms with Crippen molar-refractivity contribution in [3.8, 4) is 5.75 Å². The normalized spacial score (nSPS) is 14.8. The third kappa shape index (κ3) is 4.17. The Morgan fingerprint density at radius 3 is 2.59 bits per heavy atom. The number of sulfonamides is 1. The molecule has 2 heterocycles. The van der Waals surface area contributed by atoms with Crippen molar-refractivity contribution < 1.29 is 22.7 Å². The molecule has 1 fully saturated rings. The number of rotatable bonds is 8. The maximum atomic E-state index is 12.6. The van der Waals surface area contributed by atoms with Crippen LogP contribution in [0.2, 0.25) is 0 Å². The molecule has 0 radical (unpaired) electrons. The summed E-state index contributed by atoms with van der Waals surface area (Å²) in [5.41, 5.74) is 0.145. The molecule has 2 aromatic rings. The summed E-state index contributed by atoms with van der Waals surface area (Å²) >= 11 is 0. The molecule has 1 aromatic heterocycles. The predicted molar refractivity (Wildman–Crippen MR) is 96.8 cm³/mol. The van der Waals surface area contributed by atoms with Gasteiger partial charge >= 0.3 is 0 Å². The van der Waals surface area contributed by atoms with Gasteiger partial charge in [-0.3, -0.25) is 9.59 Å². The topological polar surface area (TPSA) is 111 Å². The molecule has 27 heavy (non-hydrogen) atoms. The first-order chi connectivity index (χ1) is 12.9. The summed E-state index contributed by atoms with van der Waals surface area (Å²) in [4.78, 5) is 28.9. The first-order valence-corrected chi connectivity index (χ1v) is 9.90. The molecule has 3 rings (SSSR count). The number of hydrogen-bond acceptors (Lipinski definition) is 6. The number of methoxy groups -OCH3 is 1. The molecule has 1 N–H and O–H groups in total. The van der Waals surface area contributed by atoms with Gasteiger partial charge in [0.05, 0.1) is 24.0 Å². The number of amides is 2. The minimum atomic E-state index is -3.79. The number of aromatic nitrogens is 2. The molecule has 0 atom stereocenters. The van der Waals surface area contributed by atoms with Crippen molar-refractivity contribution in [3.63, 3.8) is 0 Å². The lowest BCUT2D eigenvalue weighted by Gasteiger charge is -2.18. The molecule has 9 nitrogen and oxygen atoms in total. The smallest absolute Gasteiger partial charge is 0.240 e. The lowest BCUT2D eigenvalue weighted by Crippen LogP contribution is -2.30. The summed E-state index contributed by atoms with van der Waals surface area (Å²) in [6.07, 6.45) is 5.91. The molecule has 10 heteroatoms. The quantitative estimate of drug-likeness (QED) is 0.528. The highest BCUT2D eigenvalue weighted by molar-refractivity contribution is 7.89. The molecule has 1 saturated heterocycles. The Bertz CT molecular complexity index is 924. The van der Waals surface area contributed by atoms with E-state index < -0.39 is 10.0 Å². The Balaban J connectivity index is 1.75. The number of nitrogens with zero attached hydrogens (tertiary/aromatic N) is 3. The van der Waals surface area contributed by atoms with Crippen LogP contribution < -0.4 is 14.4 Å². The van der Waals surface area contributed by atoms with Crippen LogP contribution in [0.15, 0.2) is 41.8 Å². The number of carbonyl (C=O) groups is 2. The van der Waals surface area contributed by atoms with Crippen LogP contribution in [0.3, 0.4) is 0 Å². The number of ether oxygens (including phenoxy) is 1. The maximum absolute atomic E-state index is 12.6. The van der Waals surface area contributed by atoms with Gasteiger partial charge in [0.15, 0.2) is 0 Å². The standard InChI is InChI=1S/C17H20N4O5S/c1-26-15-4-3-13(11-14(15)21-16(22)5-6-17(21)23)27(24,25)19-7-2-9-20-10-8-18-12-20/h3-4,8,10-12,19H,2,5-7,9H2,1H3. The van der Waals surface area contributed by atoms with Crippen molar-refractivity contribution in [3.05, 3.63) is 36.9 Å². The maximum Gasteiger partial charge on any atom is 0.240 e. The summed E-state index contributed by atoms with van der Waals surface area (Å²) in [6, 6.07) is 4.11. The van der Waals surface area contributed by atoms with Crippen LogP contribution in [0.4, 0.5) is 5.69 Å². The van der Waals surface area contributed by atoms with Gasteiger partial charge in [0.1, 0.15) is 5.75 Å². The van der Waals surface area contributed by atoms with E-state index in [1.165, 1.54) is 25.3 Å². The molecule has 0 bridgehead atoms. The van der Waals surface area contributed by atoms with Gasteiger partial charge in [-0.25, -0.2) is 23.0 Å². The first kappa shape index (κ1) is 19.1. The summed E-state index contributed by atoms with van der Waals surface area (Å²) in [5.74, 6) is -0.486. The summed E-state index contributed by atoms with van der Waals surface area (Å²) in [6.45, 7) is 0.872. The Kier molecular flexibility index (Phi) is 5.57. The third-order valence-corrected chi connectivity index (χ3v) is 5.66. The molecule has 0 unspecified atom stereocenters. The van der Waals surface area contributed by atoms with Gasteiger partial charge in [0.25, 0.3) is 0 Å². The average molecular weight is 392 g/mol. The number of imidazole rings is 1. The van der Waals surface area contributed by atoms with Crippen LogP contribution in [0, 0.1) is 0 Å². The molecule has 1 aliphatic rings. The molecule has 0 spiro atoms. The van der Waals surface area contributed by atoms with E-state index in [9.17, 15) is 18.0 Å². The number of carbonyl (C=O) groups excluding carboxylic acids is 2. The Morgan fingerprint density at radius 2 is 1.96 bits per heavy atom. The van der Waals surface area contributed by atoms with E-state index in [1.807, 2.05) is 4.57 Å². The van der Waals surface area contributed by atoms with E-state index in [-0.39, 0.29) is 47.5 Å². The summed E-state index contributed by atoms with van der Waals surface area (Å²) < 4.78 is 34.7. The zero-order valence-electron chi connectivity index (χ0n) is 14.8. The molecule has 1 aromatic carbocycles. The SMILES string of the molecule is COc1ccc(S(=O)(=O)NCCCn2ccnc2)cc1N1C(=O)CCC1=O. The van der Waals surface area contributed by atoms with Crippen molar-refractivity contribution in [1.29, 1.82) is 0 Å². The van der Waals surface area contributed by atoms with Crippen LogP contribution in [-0.2, 0) is 26.2 Å². The van der Waals surface area contributed by atoms with Crippen LogP contribution in [0.1, 0.15) is 19.3 Å². The van der Waals surface area contributed by atoms with Gasteiger partial charge in [-0.05, 0) is 24.6 Å². The van der Waals surface area contributed by atoms with Crippen molar-refractivity contribution in [1.82, 2.24) is 14.3 Å². The van der Waals surface area contributed by atoms with Crippen molar-refractivity contribution >= 4 is 27.5 Å². The third-order valence-electron chi connectivity index (χ3n) is 4.20. The number of imide groups is 1. The van der Waals surface area contributed by atoms with Crippen LogP contribution in [-0.4, -0.2) is 43.4 Å². The van der Waals surface area contributed by atoms with Gasteiger partial charge in [-0.15, -0.1) is 0 Å². The number of hydrogen-bond donors (Lipinski definition) is 1. The lowest BCUT2D eigenvalue weighted by molar-refractivity contribution is -0.121. The molecular weight excluding hydrogens is 372 g/mol. The fourth-order valence-electron chi connectivity index (χ4n) is 2.83. The van der Waals surface area contributed by atoms with Crippen molar-refractivity contribution in [2.45, 2.75) is 30.7 Å². The number of aryl methyl sites for hydroxylation is 1. The second-order valence-corrected chi connectivity index (χ2v) is 7.78. The number of anilines is 1. The summed E-state index contributed by atoms with van der Waals surface area (Å²) in [7, 11) is -2.40. The molecule has 0 saturated carbocycles. The molecular formula is C17H20N4O5S. The zero-order valence-corrected chi connectivity index (χ0v) is 15.6. The molecule has 0 aliphatic carbocycles. The van der Waals surface area contributed by atoms with Crippen LogP contribution in [0.25, 0.3) is 0 Å². The van der Waals surface area contributed by atoms with Crippen molar-refractivity contribution in [2.24, 2.45) is 0 Å². The van der Waals surface area contributed by atoms with E-state index in [0.717, 1.165) is 4.90 Å². The Hall–Kier alpha value is -2.72. The van der Waals surface area contributed by atoms with E-state index in [2.05, 4.69) is 9.71 Å². The highest BCUT2D eigenvalue weighted by Crippen LogP contribution is 2.34. The largest absolute Gasteiger partial charge is 0.495 e. The van der Waals surface area contributed by atoms with E-state index in [1.54, 1.807) is 18.7 Å². The van der Waals surface area contributed by atoms with Gasteiger partial charge < -0.3 is 9.30 Å². The Labute approximate surface area is 157 Å².